The van der Waals surface area contributed by atoms with Crippen molar-refractivity contribution >= 4 is 23.2 Å². The first-order chi connectivity index (χ1) is 8.99. The fourth-order valence-electron chi connectivity index (χ4n) is 2.20. The normalized spacial score (nSPS) is 16.4. The monoisotopic (exact) mass is 279 g/mol. The van der Waals surface area contributed by atoms with Gasteiger partial charge in [-0.3, -0.25) is 9.59 Å². The smallest absolute Gasteiger partial charge is 0.211 e. The fourth-order valence-corrected chi connectivity index (χ4v) is 2.49. The van der Waals surface area contributed by atoms with Crippen molar-refractivity contribution in [2.45, 2.75) is 20.1 Å². The molecule has 1 aliphatic rings. The van der Waals surface area contributed by atoms with Gasteiger partial charge in [0.05, 0.1) is 0 Å². The summed E-state index contributed by atoms with van der Waals surface area (Å²) in [7, 11) is 0. The van der Waals surface area contributed by atoms with Gasteiger partial charge in [-0.05, 0) is 13.8 Å². The number of Topliss-reactive ketones (excluding diaryl/α,β-unsaturated/α-hetero) is 2. The Hall–Kier alpha value is -1.65. The van der Waals surface area contributed by atoms with Crippen LogP contribution in [0.1, 0.15) is 34.6 Å². The standard InChI is InChI=1S/C14H14ClNO3/c1-3-16(8(2)17)12-11(15)13(18)9-6-4-5-7-10(9)14(12)19/h4-8,17H,3H2,1-2H3. The van der Waals surface area contributed by atoms with Gasteiger partial charge in [-0.25, -0.2) is 0 Å². The Kier molecular flexibility index (Phi) is 3.73. The number of aliphatic hydroxyl groups is 1. The minimum absolute atomic E-state index is 0.0721. The number of carbonyl (C=O) groups is 2. The molecule has 0 bridgehead atoms. The summed E-state index contributed by atoms with van der Waals surface area (Å²) in [5, 5.41) is 9.57. The molecular formula is C14H14ClNO3. The van der Waals surface area contributed by atoms with Gasteiger partial charge in [0.1, 0.15) is 17.0 Å². The van der Waals surface area contributed by atoms with Gasteiger partial charge >= 0.3 is 0 Å². The number of carbonyl (C=O) groups excluding carboxylic acids is 2. The van der Waals surface area contributed by atoms with Gasteiger partial charge in [-0.15, -0.1) is 0 Å². The highest BCUT2D eigenvalue weighted by Crippen LogP contribution is 2.30. The van der Waals surface area contributed by atoms with Crippen molar-refractivity contribution in [1.82, 2.24) is 4.90 Å². The van der Waals surface area contributed by atoms with E-state index >= 15 is 0 Å². The van der Waals surface area contributed by atoms with Crippen molar-refractivity contribution < 1.29 is 14.7 Å². The molecular weight excluding hydrogens is 266 g/mol. The molecule has 1 atom stereocenters. The molecule has 0 amide bonds. The zero-order valence-corrected chi connectivity index (χ0v) is 11.4. The first kappa shape index (κ1) is 13.8. The van der Waals surface area contributed by atoms with Crippen molar-refractivity contribution in [3.8, 4) is 0 Å². The molecule has 1 aromatic carbocycles. The van der Waals surface area contributed by atoms with E-state index in [4.69, 9.17) is 11.6 Å². The minimum atomic E-state index is -0.893. The Morgan fingerprint density at radius 1 is 1.21 bits per heavy atom. The third-order valence-electron chi connectivity index (χ3n) is 3.12. The lowest BCUT2D eigenvalue weighted by atomic mass is 9.92. The summed E-state index contributed by atoms with van der Waals surface area (Å²) in [6, 6.07) is 6.55. The molecule has 19 heavy (non-hydrogen) atoms. The Morgan fingerprint density at radius 2 is 1.74 bits per heavy atom. The lowest BCUT2D eigenvalue weighted by Crippen LogP contribution is -2.38. The minimum Gasteiger partial charge on any atom is -0.374 e. The number of ketones is 2. The molecule has 1 N–H and O–H groups in total. The maximum Gasteiger partial charge on any atom is 0.211 e. The zero-order valence-electron chi connectivity index (χ0n) is 10.7. The predicted molar refractivity (Wildman–Crippen MR) is 72.0 cm³/mol. The van der Waals surface area contributed by atoms with Gasteiger partial charge < -0.3 is 10.0 Å². The highest BCUT2D eigenvalue weighted by molar-refractivity contribution is 6.49. The van der Waals surface area contributed by atoms with E-state index in [0.29, 0.717) is 17.7 Å². The molecule has 0 saturated heterocycles. The molecule has 2 rings (SSSR count). The SMILES string of the molecule is CCN(C1=C(Cl)C(=O)c2ccccc2C1=O)C(C)O. The number of nitrogens with zero attached hydrogens (tertiary/aromatic N) is 1. The van der Waals surface area contributed by atoms with E-state index in [9.17, 15) is 14.7 Å². The summed E-state index contributed by atoms with van der Waals surface area (Å²) in [6.45, 7) is 3.69. The summed E-state index contributed by atoms with van der Waals surface area (Å²) < 4.78 is 0. The van der Waals surface area contributed by atoms with E-state index in [1.807, 2.05) is 0 Å². The zero-order chi connectivity index (χ0) is 14.2. The second-order valence-corrected chi connectivity index (χ2v) is 4.66. The summed E-state index contributed by atoms with van der Waals surface area (Å²) in [4.78, 5) is 26.0. The number of fused-ring (bicyclic) bond motifs is 1. The number of hydrogen-bond donors (Lipinski definition) is 1. The summed E-state index contributed by atoms with van der Waals surface area (Å²) in [5.41, 5.74) is 0.705. The van der Waals surface area contributed by atoms with Crippen LogP contribution in [-0.4, -0.2) is 34.3 Å². The molecule has 0 aliphatic heterocycles. The van der Waals surface area contributed by atoms with Crippen molar-refractivity contribution in [1.29, 1.82) is 0 Å². The second-order valence-electron chi connectivity index (χ2n) is 4.28. The van der Waals surface area contributed by atoms with Crippen LogP contribution < -0.4 is 0 Å². The van der Waals surface area contributed by atoms with Crippen LogP contribution in [0.3, 0.4) is 0 Å². The number of halogens is 1. The molecule has 100 valence electrons. The van der Waals surface area contributed by atoms with E-state index in [1.54, 1.807) is 31.2 Å². The van der Waals surface area contributed by atoms with E-state index in [1.165, 1.54) is 11.8 Å². The highest BCUT2D eigenvalue weighted by Gasteiger charge is 2.34. The van der Waals surface area contributed by atoms with Gasteiger partial charge in [0.2, 0.25) is 11.6 Å². The highest BCUT2D eigenvalue weighted by atomic mass is 35.5. The van der Waals surface area contributed by atoms with Crippen LogP contribution in [0.15, 0.2) is 35.0 Å². The topological polar surface area (TPSA) is 57.6 Å². The van der Waals surface area contributed by atoms with E-state index < -0.39 is 6.23 Å². The number of rotatable bonds is 3. The first-order valence-electron chi connectivity index (χ1n) is 6.02. The molecule has 1 aliphatic carbocycles. The molecule has 5 heteroatoms. The summed E-state index contributed by atoms with van der Waals surface area (Å²) in [5.74, 6) is -0.714. The predicted octanol–water partition coefficient (Wildman–Crippen LogP) is 2.18. The van der Waals surface area contributed by atoms with Crippen molar-refractivity contribution in [3.05, 3.63) is 46.1 Å². The Balaban J connectivity index is 2.60. The van der Waals surface area contributed by atoms with Gasteiger partial charge in [-0.2, -0.15) is 0 Å². The second kappa shape index (κ2) is 5.15. The first-order valence-corrected chi connectivity index (χ1v) is 6.39. The number of benzene rings is 1. The molecule has 0 spiro atoms. The van der Waals surface area contributed by atoms with Crippen LogP contribution in [0.2, 0.25) is 0 Å². The molecule has 0 saturated carbocycles. The van der Waals surface area contributed by atoms with Crippen LogP contribution in [-0.2, 0) is 0 Å². The largest absolute Gasteiger partial charge is 0.374 e. The van der Waals surface area contributed by atoms with Crippen LogP contribution >= 0.6 is 11.6 Å². The van der Waals surface area contributed by atoms with E-state index in [0.717, 1.165) is 0 Å². The molecule has 1 unspecified atom stereocenters. The van der Waals surface area contributed by atoms with Gasteiger partial charge in [-0.1, -0.05) is 35.9 Å². The van der Waals surface area contributed by atoms with E-state index in [-0.39, 0.29) is 22.3 Å². The fraction of sp³-hybridized carbons (Fsp3) is 0.286. The Morgan fingerprint density at radius 3 is 2.21 bits per heavy atom. The number of hydrogen-bond acceptors (Lipinski definition) is 4. The van der Waals surface area contributed by atoms with Crippen LogP contribution in [0, 0.1) is 0 Å². The lowest BCUT2D eigenvalue weighted by Gasteiger charge is -2.31. The molecule has 0 heterocycles. The van der Waals surface area contributed by atoms with Crippen LogP contribution in [0.25, 0.3) is 0 Å². The van der Waals surface area contributed by atoms with Gasteiger partial charge in [0, 0.05) is 17.7 Å². The van der Waals surface area contributed by atoms with Gasteiger partial charge in [0.15, 0.2) is 0 Å². The molecule has 0 fully saturated rings. The van der Waals surface area contributed by atoms with Crippen molar-refractivity contribution in [2.75, 3.05) is 6.54 Å². The third kappa shape index (κ3) is 2.17. The van der Waals surface area contributed by atoms with Crippen LogP contribution in [0.4, 0.5) is 0 Å². The number of allylic oxidation sites excluding steroid dienone is 2. The summed E-state index contributed by atoms with van der Waals surface area (Å²) >= 11 is 6.03. The average molecular weight is 280 g/mol. The number of aliphatic hydroxyl groups excluding tert-OH is 1. The lowest BCUT2D eigenvalue weighted by molar-refractivity contribution is 0.0429. The summed E-state index contributed by atoms with van der Waals surface area (Å²) in [6.07, 6.45) is -0.893. The maximum atomic E-state index is 12.4. The van der Waals surface area contributed by atoms with Gasteiger partial charge in [0.25, 0.3) is 0 Å². The maximum absolute atomic E-state index is 12.4. The number of likely N-dealkylation sites (N-methyl/N-ethyl adjacent to an activating group) is 1. The molecule has 1 aromatic rings. The van der Waals surface area contributed by atoms with Crippen LogP contribution in [0.5, 0.6) is 0 Å². The average Bonchev–Trinajstić information content (AvgIpc) is 2.40. The van der Waals surface area contributed by atoms with Crippen molar-refractivity contribution in [3.63, 3.8) is 0 Å². The van der Waals surface area contributed by atoms with Crippen molar-refractivity contribution in [2.24, 2.45) is 0 Å². The third-order valence-corrected chi connectivity index (χ3v) is 3.47. The van der Waals surface area contributed by atoms with E-state index in [2.05, 4.69) is 0 Å². The molecule has 0 aromatic heterocycles. The quantitative estimate of drug-likeness (QED) is 0.862. The Bertz CT molecular complexity index is 578. The Labute approximate surface area is 116 Å². The molecule has 0 radical (unpaired) electrons. The molecule has 4 nitrogen and oxygen atoms in total.